The minimum atomic E-state index is -4.87. The van der Waals surface area contributed by atoms with Crippen molar-refractivity contribution < 1.29 is 27.5 Å². The van der Waals surface area contributed by atoms with Gasteiger partial charge in [-0.2, -0.15) is 18.3 Å². The van der Waals surface area contributed by atoms with Gasteiger partial charge in [-0.3, -0.25) is 4.79 Å². The molecule has 1 aromatic carbocycles. The average molecular weight is 489 g/mol. The molecule has 1 fully saturated rings. The maximum Gasteiger partial charge on any atom is 0.434 e. The summed E-state index contributed by atoms with van der Waals surface area (Å²) in [5, 5.41) is 16.5. The summed E-state index contributed by atoms with van der Waals surface area (Å²) < 4.78 is 47.0. The normalized spacial score (nSPS) is 14.5. The topological polar surface area (TPSA) is 114 Å². The van der Waals surface area contributed by atoms with Gasteiger partial charge in [0.15, 0.2) is 11.5 Å². The second kappa shape index (κ2) is 9.99. The largest absolute Gasteiger partial charge is 0.480 e. The van der Waals surface area contributed by atoms with E-state index in [0.717, 1.165) is 6.20 Å². The van der Waals surface area contributed by atoms with Gasteiger partial charge in [0.05, 0.1) is 18.9 Å². The molecule has 184 valence electrons. The van der Waals surface area contributed by atoms with E-state index in [1.165, 1.54) is 19.2 Å². The fourth-order valence-electron chi connectivity index (χ4n) is 3.71. The molecule has 3 amide bonds. The number of nitrogens with zero attached hydrogens (tertiary/aromatic N) is 5. The molecule has 1 aliphatic heterocycles. The monoisotopic (exact) mass is 489 g/mol. The number of likely N-dealkylation sites (tertiary alicyclic amines) is 1. The maximum atomic E-state index is 13.9. The summed E-state index contributed by atoms with van der Waals surface area (Å²) >= 11 is 0. The Kier molecular flexibility index (Phi) is 6.85. The molecule has 1 saturated heterocycles. The highest BCUT2D eigenvalue weighted by atomic mass is 19.4. The van der Waals surface area contributed by atoms with Crippen molar-refractivity contribution in [2.24, 2.45) is 0 Å². The Hall–Kier alpha value is -4.16. The predicted molar refractivity (Wildman–Crippen MR) is 118 cm³/mol. The molecule has 35 heavy (non-hydrogen) atoms. The van der Waals surface area contributed by atoms with E-state index in [1.807, 2.05) is 6.07 Å². The van der Waals surface area contributed by atoms with Gasteiger partial charge < -0.3 is 20.3 Å². The van der Waals surface area contributed by atoms with Crippen LogP contribution in [0.5, 0.6) is 5.88 Å². The summed E-state index contributed by atoms with van der Waals surface area (Å²) in [6, 6.07) is 10.9. The smallest absolute Gasteiger partial charge is 0.434 e. The Bertz CT molecular complexity index is 1180. The van der Waals surface area contributed by atoms with Crippen LogP contribution >= 0.6 is 0 Å². The number of nitrogens with one attached hydrogen (secondary N) is 2. The zero-order valence-corrected chi connectivity index (χ0v) is 18.6. The molecule has 0 spiro atoms. The molecule has 4 rings (SSSR count). The van der Waals surface area contributed by atoms with Gasteiger partial charge in [-0.15, -0.1) is 10.2 Å². The lowest BCUT2D eigenvalue weighted by molar-refractivity contribution is -0.143. The molecule has 0 aliphatic carbocycles. The van der Waals surface area contributed by atoms with Crippen molar-refractivity contribution >= 4 is 17.6 Å². The van der Waals surface area contributed by atoms with Crippen LogP contribution in [0.4, 0.5) is 23.7 Å². The zero-order valence-electron chi connectivity index (χ0n) is 18.6. The molecule has 0 atom stereocenters. The van der Waals surface area contributed by atoms with Crippen molar-refractivity contribution in [3.05, 3.63) is 59.9 Å². The second-order valence-electron chi connectivity index (χ2n) is 7.78. The summed E-state index contributed by atoms with van der Waals surface area (Å²) in [5.74, 6) is -0.997. The first-order valence-corrected chi connectivity index (χ1v) is 10.7. The van der Waals surface area contributed by atoms with Crippen LogP contribution in [0.2, 0.25) is 0 Å². The number of carbonyl (C=O) groups excluding carboxylic acids is 2. The number of para-hydroxylation sites is 1. The van der Waals surface area contributed by atoms with Gasteiger partial charge in [-0.05, 0) is 31.0 Å². The lowest BCUT2D eigenvalue weighted by atomic mass is 10.0. The van der Waals surface area contributed by atoms with E-state index in [4.69, 9.17) is 4.74 Å². The van der Waals surface area contributed by atoms with Crippen molar-refractivity contribution in [3.8, 4) is 11.7 Å². The van der Waals surface area contributed by atoms with Crippen LogP contribution < -0.4 is 15.4 Å². The first kappa shape index (κ1) is 24.0. The molecule has 3 aromatic rings. The molecular weight excluding hydrogens is 467 g/mol. The number of hydrogen-bond acceptors (Lipinski definition) is 6. The van der Waals surface area contributed by atoms with Gasteiger partial charge in [0.25, 0.3) is 5.91 Å². The molecule has 13 heteroatoms. The third-order valence-electron chi connectivity index (χ3n) is 5.48. The number of rotatable bonds is 5. The molecule has 2 aromatic heterocycles. The predicted octanol–water partition coefficient (Wildman–Crippen LogP) is 3.12. The molecule has 0 saturated carbocycles. The number of carbonyl (C=O) groups is 2. The molecular formula is C22H22F3N7O3. The van der Waals surface area contributed by atoms with Crippen LogP contribution in [0.3, 0.4) is 0 Å². The minimum Gasteiger partial charge on any atom is -0.480 e. The summed E-state index contributed by atoms with van der Waals surface area (Å²) in [5.41, 5.74) is -1.22. The third kappa shape index (κ3) is 5.50. The Balaban J connectivity index is 1.42. The van der Waals surface area contributed by atoms with E-state index >= 15 is 0 Å². The highest BCUT2D eigenvalue weighted by Crippen LogP contribution is 2.33. The van der Waals surface area contributed by atoms with Gasteiger partial charge in [0, 0.05) is 30.9 Å². The molecule has 0 radical (unpaired) electrons. The fraction of sp³-hybridized carbons (Fsp3) is 0.318. The quantitative estimate of drug-likeness (QED) is 0.569. The number of benzene rings is 1. The van der Waals surface area contributed by atoms with Crippen LogP contribution in [0.25, 0.3) is 5.82 Å². The Morgan fingerprint density at radius 2 is 1.77 bits per heavy atom. The van der Waals surface area contributed by atoms with Gasteiger partial charge in [-0.25, -0.2) is 9.48 Å². The third-order valence-corrected chi connectivity index (χ3v) is 5.48. The van der Waals surface area contributed by atoms with Gasteiger partial charge in [-0.1, -0.05) is 18.2 Å². The Morgan fingerprint density at radius 1 is 1.06 bits per heavy atom. The van der Waals surface area contributed by atoms with Gasteiger partial charge >= 0.3 is 12.2 Å². The minimum absolute atomic E-state index is 0.122. The molecule has 2 N–H and O–H groups in total. The van der Waals surface area contributed by atoms with E-state index in [-0.39, 0.29) is 17.7 Å². The molecule has 1 aliphatic rings. The molecule has 0 bridgehead atoms. The van der Waals surface area contributed by atoms with Crippen LogP contribution in [-0.4, -0.2) is 63.1 Å². The summed E-state index contributed by atoms with van der Waals surface area (Å²) in [7, 11) is 1.35. The van der Waals surface area contributed by atoms with Crippen LogP contribution in [0.1, 0.15) is 28.9 Å². The number of ether oxygens (including phenoxy) is 1. The summed E-state index contributed by atoms with van der Waals surface area (Å²) in [4.78, 5) is 26.8. The Labute approximate surface area is 198 Å². The van der Waals surface area contributed by atoms with E-state index in [9.17, 15) is 22.8 Å². The summed E-state index contributed by atoms with van der Waals surface area (Å²) in [6.45, 7) is 0.687. The average Bonchev–Trinajstić information content (AvgIpc) is 3.31. The zero-order chi connectivity index (χ0) is 25.0. The highest BCUT2D eigenvalue weighted by molar-refractivity contribution is 5.95. The lowest BCUT2D eigenvalue weighted by Crippen LogP contribution is -2.47. The summed E-state index contributed by atoms with van der Waals surface area (Å²) in [6.07, 6.45) is -3.23. The number of alkyl halides is 3. The van der Waals surface area contributed by atoms with Crippen molar-refractivity contribution in [1.29, 1.82) is 0 Å². The van der Waals surface area contributed by atoms with Crippen molar-refractivity contribution in [1.82, 2.24) is 30.2 Å². The number of piperidine rings is 1. The number of aromatic nitrogens is 4. The molecule has 3 heterocycles. The van der Waals surface area contributed by atoms with Crippen molar-refractivity contribution in [2.45, 2.75) is 25.1 Å². The van der Waals surface area contributed by atoms with E-state index in [2.05, 4.69) is 25.9 Å². The van der Waals surface area contributed by atoms with Crippen LogP contribution in [-0.2, 0) is 6.18 Å². The van der Waals surface area contributed by atoms with Crippen molar-refractivity contribution in [2.75, 3.05) is 25.5 Å². The lowest BCUT2D eigenvalue weighted by Gasteiger charge is -2.32. The van der Waals surface area contributed by atoms with E-state index in [1.54, 1.807) is 29.2 Å². The first-order chi connectivity index (χ1) is 16.8. The number of amides is 3. The highest BCUT2D eigenvalue weighted by Gasteiger charge is 2.41. The number of anilines is 1. The Morgan fingerprint density at radius 3 is 2.37 bits per heavy atom. The maximum absolute atomic E-state index is 13.9. The number of halogens is 3. The fourth-order valence-corrected chi connectivity index (χ4v) is 3.71. The van der Waals surface area contributed by atoms with Crippen LogP contribution in [0, 0.1) is 0 Å². The van der Waals surface area contributed by atoms with Crippen LogP contribution in [0.15, 0.2) is 48.7 Å². The van der Waals surface area contributed by atoms with Crippen molar-refractivity contribution in [3.63, 3.8) is 0 Å². The second-order valence-corrected chi connectivity index (χ2v) is 7.78. The van der Waals surface area contributed by atoms with Gasteiger partial charge in [0.1, 0.15) is 0 Å². The SMILES string of the molecule is COc1ccc(-n2ncc(C(=O)NC3CCN(C(=O)Nc4ccccc4)CC3)c2C(F)(F)F)nn1. The number of urea groups is 1. The van der Waals surface area contributed by atoms with Gasteiger partial charge in [0.2, 0.25) is 5.88 Å². The standard InChI is InChI=1S/C22H22F3N7O3/c1-35-18-8-7-17(29-30-18)32-19(22(23,24)25)16(13-26-32)20(33)27-15-9-11-31(12-10-15)21(34)28-14-5-3-2-4-6-14/h2-8,13,15H,9-12H2,1H3,(H,27,33)(H,28,34). The number of hydrogen-bond donors (Lipinski definition) is 2. The van der Waals surface area contributed by atoms with E-state index < -0.39 is 29.4 Å². The molecule has 0 unspecified atom stereocenters. The first-order valence-electron chi connectivity index (χ1n) is 10.7. The molecule has 10 nitrogen and oxygen atoms in total. The van der Waals surface area contributed by atoms with E-state index in [0.29, 0.717) is 36.3 Å². The number of methoxy groups -OCH3 is 1.